The van der Waals surface area contributed by atoms with Gasteiger partial charge in [-0.25, -0.2) is 30.0 Å². The van der Waals surface area contributed by atoms with Crippen molar-refractivity contribution in [2.24, 2.45) is 0 Å². The number of rotatable bonds is 9. The Labute approximate surface area is 205 Å². The summed E-state index contributed by atoms with van der Waals surface area (Å²) in [6.07, 6.45) is 0.901. The van der Waals surface area contributed by atoms with Crippen LogP contribution in [0.25, 0.3) is 0 Å². The van der Waals surface area contributed by atoms with Crippen molar-refractivity contribution in [2.45, 2.75) is 27.7 Å². The van der Waals surface area contributed by atoms with Crippen LogP contribution in [0.5, 0.6) is 0 Å². The molecule has 0 spiro atoms. The smallest absolute Gasteiger partial charge is 0.264 e. The summed E-state index contributed by atoms with van der Waals surface area (Å²) >= 11 is 0. The molecule has 3 aromatic carbocycles. The monoisotopic (exact) mass is 536 g/mol. The van der Waals surface area contributed by atoms with Gasteiger partial charge in [-0.2, -0.15) is 0 Å². The van der Waals surface area contributed by atoms with Gasteiger partial charge in [-0.05, 0) is 49.4 Å². The standard InChI is InChI=1S/C23H24N2O7S3/c1-17(16-34(29,30)19-11-7-4-8-12-19)24-21-14-13-20(15-22(21)33(2,27)28)35(31,32)25-23(26)18-9-5-3-6-10-18/h3-15,17,24H,16H2,1-2H3,(H,25,26)/t17-/m1/s1. The summed E-state index contributed by atoms with van der Waals surface area (Å²) in [6.45, 7) is 1.57. The summed E-state index contributed by atoms with van der Waals surface area (Å²) in [5.74, 6) is -1.19. The summed E-state index contributed by atoms with van der Waals surface area (Å²) in [6, 6.07) is 18.1. The first-order valence-electron chi connectivity index (χ1n) is 10.3. The van der Waals surface area contributed by atoms with Gasteiger partial charge in [-0.1, -0.05) is 36.4 Å². The molecule has 3 rings (SSSR count). The number of sulfone groups is 2. The Morgan fingerprint density at radius 1 is 0.800 bits per heavy atom. The molecule has 0 bridgehead atoms. The molecule has 186 valence electrons. The van der Waals surface area contributed by atoms with Crippen molar-refractivity contribution >= 4 is 41.3 Å². The Kier molecular flexibility index (Phi) is 7.68. The lowest BCUT2D eigenvalue weighted by atomic mass is 10.2. The largest absolute Gasteiger partial charge is 0.380 e. The van der Waals surface area contributed by atoms with Crippen LogP contribution in [0.1, 0.15) is 17.3 Å². The summed E-state index contributed by atoms with van der Waals surface area (Å²) in [7, 11) is -12.0. The first kappa shape index (κ1) is 26.4. The minimum atomic E-state index is -4.39. The van der Waals surface area contributed by atoms with Gasteiger partial charge in [0.2, 0.25) is 0 Å². The number of sulfonamides is 1. The molecular weight excluding hydrogens is 512 g/mol. The van der Waals surface area contributed by atoms with E-state index in [-0.39, 0.29) is 26.8 Å². The highest BCUT2D eigenvalue weighted by Crippen LogP contribution is 2.26. The van der Waals surface area contributed by atoms with Crippen LogP contribution < -0.4 is 10.0 Å². The first-order chi connectivity index (χ1) is 16.3. The van der Waals surface area contributed by atoms with Gasteiger partial charge in [0.15, 0.2) is 19.7 Å². The molecule has 0 heterocycles. The van der Waals surface area contributed by atoms with Gasteiger partial charge in [0.1, 0.15) is 0 Å². The molecule has 0 saturated heterocycles. The first-order valence-corrected chi connectivity index (χ1v) is 15.3. The topological polar surface area (TPSA) is 144 Å². The van der Waals surface area contributed by atoms with E-state index in [2.05, 4.69) is 5.32 Å². The predicted octanol–water partition coefficient (Wildman–Crippen LogP) is 2.48. The lowest BCUT2D eigenvalue weighted by Gasteiger charge is -2.18. The number of carbonyl (C=O) groups excluding carboxylic acids is 1. The van der Waals surface area contributed by atoms with Crippen LogP contribution in [0, 0.1) is 0 Å². The number of anilines is 1. The van der Waals surface area contributed by atoms with Gasteiger partial charge in [0.25, 0.3) is 15.9 Å². The fraction of sp³-hybridized carbons (Fsp3) is 0.174. The minimum Gasteiger partial charge on any atom is -0.380 e. The molecule has 0 aliphatic carbocycles. The number of amides is 1. The van der Waals surface area contributed by atoms with Gasteiger partial charge in [0.05, 0.1) is 26.1 Å². The van der Waals surface area contributed by atoms with E-state index < -0.39 is 46.5 Å². The number of benzene rings is 3. The molecule has 0 saturated carbocycles. The van der Waals surface area contributed by atoms with Gasteiger partial charge in [-0.3, -0.25) is 4.79 Å². The molecule has 0 radical (unpaired) electrons. The summed E-state index contributed by atoms with van der Waals surface area (Å²) < 4.78 is 77.5. The molecular formula is C23H24N2O7S3. The molecule has 9 nitrogen and oxygen atoms in total. The lowest BCUT2D eigenvalue weighted by molar-refractivity contribution is 0.0981. The van der Waals surface area contributed by atoms with Crippen LogP contribution in [-0.4, -0.2) is 49.2 Å². The summed E-state index contributed by atoms with van der Waals surface area (Å²) in [5.41, 5.74) is 0.155. The van der Waals surface area contributed by atoms with Gasteiger partial charge < -0.3 is 5.32 Å². The fourth-order valence-corrected chi connectivity index (χ4v) is 6.73. The molecule has 3 aromatic rings. The zero-order valence-electron chi connectivity index (χ0n) is 18.9. The van der Waals surface area contributed by atoms with Crippen LogP contribution in [0.2, 0.25) is 0 Å². The van der Waals surface area contributed by atoms with Gasteiger partial charge >= 0.3 is 0 Å². The van der Waals surface area contributed by atoms with Crippen molar-refractivity contribution < 1.29 is 30.0 Å². The zero-order chi connectivity index (χ0) is 25.9. The molecule has 2 N–H and O–H groups in total. The zero-order valence-corrected chi connectivity index (χ0v) is 21.3. The van der Waals surface area contributed by atoms with Crippen molar-refractivity contribution in [1.82, 2.24) is 4.72 Å². The third kappa shape index (κ3) is 6.68. The quantitative estimate of drug-likeness (QED) is 0.425. The van der Waals surface area contributed by atoms with E-state index in [1.54, 1.807) is 43.3 Å². The summed E-state index contributed by atoms with van der Waals surface area (Å²) in [4.78, 5) is 11.6. The maximum atomic E-state index is 12.7. The SMILES string of the molecule is C[C@H](CS(=O)(=O)c1ccccc1)Nc1ccc(S(=O)(=O)NC(=O)c2ccccc2)cc1S(C)(=O)=O. The molecule has 0 aliphatic rings. The molecule has 12 heteroatoms. The molecule has 1 atom stereocenters. The lowest BCUT2D eigenvalue weighted by Crippen LogP contribution is -2.31. The Balaban J connectivity index is 1.87. The van der Waals surface area contributed by atoms with Crippen molar-refractivity contribution in [3.8, 4) is 0 Å². The number of hydrogen-bond acceptors (Lipinski definition) is 8. The van der Waals surface area contributed by atoms with E-state index in [1.807, 2.05) is 4.72 Å². The predicted molar refractivity (Wildman–Crippen MR) is 132 cm³/mol. The second kappa shape index (κ2) is 10.2. The Bertz CT molecular complexity index is 1540. The van der Waals surface area contributed by atoms with Crippen LogP contribution in [0.15, 0.2) is 93.5 Å². The maximum absolute atomic E-state index is 12.7. The second-order valence-corrected chi connectivity index (χ2v) is 13.6. The second-order valence-electron chi connectivity index (χ2n) is 7.87. The van der Waals surface area contributed by atoms with Crippen molar-refractivity contribution in [2.75, 3.05) is 17.3 Å². The van der Waals surface area contributed by atoms with E-state index in [9.17, 15) is 30.0 Å². The van der Waals surface area contributed by atoms with Gasteiger partial charge in [0, 0.05) is 17.9 Å². The molecule has 0 aromatic heterocycles. The molecule has 1 amide bonds. The van der Waals surface area contributed by atoms with Gasteiger partial charge in [-0.15, -0.1) is 0 Å². The molecule has 35 heavy (non-hydrogen) atoms. The number of carbonyl (C=O) groups is 1. The Hall–Kier alpha value is -3.22. The van der Waals surface area contributed by atoms with E-state index >= 15 is 0 Å². The molecule has 0 fully saturated rings. The Morgan fingerprint density at radius 2 is 1.37 bits per heavy atom. The van der Waals surface area contributed by atoms with E-state index in [0.717, 1.165) is 18.4 Å². The Morgan fingerprint density at radius 3 is 1.94 bits per heavy atom. The highest BCUT2D eigenvalue weighted by Gasteiger charge is 2.25. The average molecular weight is 537 g/mol. The molecule has 0 unspecified atom stereocenters. The van der Waals surface area contributed by atoms with Crippen molar-refractivity contribution in [1.29, 1.82) is 0 Å². The normalized spacial score (nSPS) is 13.1. The van der Waals surface area contributed by atoms with Crippen molar-refractivity contribution in [3.05, 3.63) is 84.4 Å². The summed E-state index contributed by atoms with van der Waals surface area (Å²) in [5, 5.41) is 2.85. The van der Waals surface area contributed by atoms with E-state index in [4.69, 9.17) is 0 Å². The van der Waals surface area contributed by atoms with Crippen LogP contribution in [0.3, 0.4) is 0 Å². The number of nitrogens with one attached hydrogen (secondary N) is 2. The third-order valence-electron chi connectivity index (χ3n) is 4.90. The average Bonchev–Trinajstić information content (AvgIpc) is 2.79. The highest BCUT2D eigenvalue weighted by atomic mass is 32.2. The van der Waals surface area contributed by atoms with Crippen LogP contribution in [-0.2, 0) is 29.7 Å². The van der Waals surface area contributed by atoms with Crippen molar-refractivity contribution in [3.63, 3.8) is 0 Å². The fourth-order valence-electron chi connectivity index (χ4n) is 3.29. The van der Waals surface area contributed by atoms with E-state index in [1.165, 1.54) is 30.3 Å². The third-order valence-corrected chi connectivity index (χ3v) is 9.29. The van der Waals surface area contributed by atoms with E-state index in [0.29, 0.717) is 0 Å². The molecule has 0 aliphatic heterocycles. The maximum Gasteiger partial charge on any atom is 0.264 e. The number of hydrogen-bond donors (Lipinski definition) is 2. The highest BCUT2D eigenvalue weighted by molar-refractivity contribution is 7.91. The van der Waals surface area contributed by atoms with Crippen LogP contribution >= 0.6 is 0 Å². The minimum absolute atomic E-state index is 0.0385. The van der Waals surface area contributed by atoms with Crippen LogP contribution in [0.4, 0.5) is 5.69 Å².